The summed E-state index contributed by atoms with van der Waals surface area (Å²) < 4.78 is 29.0. The Morgan fingerprint density at radius 2 is 1.43 bits per heavy atom. The van der Waals surface area contributed by atoms with Crippen molar-refractivity contribution in [3.8, 4) is 0 Å². The Hall–Kier alpha value is -2.03. The van der Waals surface area contributed by atoms with E-state index < -0.39 is 11.6 Å². The third kappa shape index (κ3) is 3.09. The molecule has 144 valence electrons. The lowest BCUT2D eigenvalue weighted by atomic mass is 10.2. The van der Waals surface area contributed by atoms with Gasteiger partial charge in [0.1, 0.15) is 11.3 Å². The molecule has 2 aromatic carbocycles. The van der Waals surface area contributed by atoms with Crippen molar-refractivity contribution in [2.75, 3.05) is 36.0 Å². The first kappa shape index (κ1) is 18.0. The predicted molar refractivity (Wildman–Crippen MR) is 113 cm³/mol. The minimum absolute atomic E-state index is 0.238. The zero-order valence-corrected chi connectivity index (χ0v) is 17.3. The number of rotatable bonds is 2. The highest BCUT2D eigenvalue weighted by Crippen LogP contribution is 2.35. The third-order valence-corrected chi connectivity index (χ3v) is 7.21. The van der Waals surface area contributed by atoms with Crippen LogP contribution in [0, 0.1) is 18.6 Å². The van der Waals surface area contributed by atoms with Gasteiger partial charge < -0.3 is 9.80 Å². The van der Waals surface area contributed by atoms with Crippen LogP contribution in [0.3, 0.4) is 0 Å². The quantitative estimate of drug-likeness (QED) is 0.417. The summed E-state index contributed by atoms with van der Waals surface area (Å²) >= 11 is 9.13. The smallest absolute Gasteiger partial charge is 0.186 e. The summed E-state index contributed by atoms with van der Waals surface area (Å²) in [5, 5.41) is 2.44. The maximum Gasteiger partial charge on any atom is 0.186 e. The van der Waals surface area contributed by atoms with E-state index in [4.69, 9.17) is 16.6 Å². The minimum atomic E-state index is -0.611. The molecule has 9 heteroatoms. The van der Waals surface area contributed by atoms with Gasteiger partial charge in [-0.25, -0.2) is 18.7 Å². The molecule has 2 aromatic heterocycles. The van der Waals surface area contributed by atoms with Gasteiger partial charge in [-0.1, -0.05) is 34.3 Å². The van der Waals surface area contributed by atoms with Gasteiger partial charge in [-0.15, -0.1) is 0 Å². The van der Waals surface area contributed by atoms with Crippen LogP contribution in [-0.4, -0.2) is 36.1 Å². The van der Waals surface area contributed by atoms with E-state index in [0.717, 1.165) is 63.3 Å². The van der Waals surface area contributed by atoms with Crippen LogP contribution in [0.25, 0.3) is 20.4 Å². The van der Waals surface area contributed by atoms with E-state index in [1.54, 1.807) is 11.3 Å². The fraction of sp³-hybridized carbons (Fsp3) is 0.263. The van der Waals surface area contributed by atoms with E-state index in [2.05, 4.69) is 14.8 Å². The van der Waals surface area contributed by atoms with Gasteiger partial charge in [0.25, 0.3) is 0 Å². The molecular formula is C19H15ClF2N4S2. The number of anilines is 2. The Kier molecular flexibility index (Phi) is 4.37. The zero-order valence-electron chi connectivity index (χ0n) is 14.9. The van der Waals surface area contributed by atoms with Gasteiger partial charge >= 0.3 is 0 Å². The molecule has 0 N–H and O–H groups in total. The van der Waals surface area contributed by atoms with E-state index in [0.29, 0.717) is 4.70 Å². The highest BCUT2D eigenvalue weighted by Gasteiger charge is 2.23. The summed E-state index contributed by atoms with van der Waals surface area (Å²) in [6.45, 7) is 5.10. The molecule has 1 aliphatic rings. The fourth-order valence-corrected chi connectivity index (χ4v) is 5.98. The van der Waals surface area contributed by atoms with E-state index in [1.165, 1.54) is 17.4 Å². The van der Waals surface area contributed by atoms with Gasteiger partial charge in [-0.3, -0.25) is 0 Å². The van der Waals surface area contributed by atoms with Crippen molar-refractivity contribution < 1.29 is 8.78 Å². The summed E-state index contributed by atoms with van der Waals surface area (Å²) in [5.74, 6) is -1.18. The molecule has 0 radical (unpaired) electrons. The molecule has 28 heavy (non-hydrogen) atoms. The van der Waals surface area contributed by atoms with Crippen molar-refractivity contribution in [2.45, 2.75) is 6.92 Å². The number of fused-ring (bicyclic) bond motifs is 2. The lowest BCUT2D eigenvalue weighted by Crippen LogP contribution is -2.46. The van der Waals surface area contributed by atoms with Crippen molar-refractivity contribution in [3.63, 3.8) is 0 Å². The monoisotopic (exact) mass is 436 g/mol. The lowest BCUT2D eigenvalue weighted by molar-refractivity contribution is 0.591. The molecule has 1 aliphatic heterocycles. The average Bonchev–Trinajstić information content (AvgIpc) is 3.26. The first-order valence-corrected chi connectivity index (χ1v) is 10.8. The number of halogens is 3. The second-order valence-electron chi connectivity index (χ2n) is 6.77. The summed E-state index contributed by atoms with van der Waals surface area (Å²) in [7, 11) is 0. The van der Waals surface area contributed by atoms with Crippen molar-refractivity contribution >= 4 is 65.0 Å². The summed E-state index contributed by atoms with van der Waals surface area (Å²) in [5.41, 5.74) is 2.31. The molecule has 1 fully saturated rings. The highest BCUT2D eigenvalue weighted by atomic mass is 35.5. The third-order valence-electron chi connectivity index (χ3n) is 4.86. The molecule has 0 saturated carbocycles. The highest BCUT2D eigenvalue weighted by molar-refractivity contribution is 7.22. The maximum atomic E-state index is 13.9. The van der Waals surface area contributed by atoms with Crippen molar-refractivity contribution in [2.24, 2.45) is 0 Å². The number of benzene rings is 2. The van der Waals surface area contributed by atoms with E-state index in [1.807, 2.05) is 19.1 Å². The number of hydrogen-bond acceptors (Lipinski definition) is 6. The number of piperazine rings is 1. The van der Waals surface area contributed by atoms with Gasteiger partial charge in [0.05, 0.1) is 14.9 Å². The van der Waals surface area contributed by atoms with Crippen LogP contribution in [-0.2, 0) is 0 Å². The predicted octanol–water partition coefficient (Wildman–Crippen LogP) is 5.47. The molecule has 1 saturated heterocycles. The molecule has 0 bridgehead atoms. The molecule has 0 aliphatic carbocycles. The van der Waals surface area contributed by atoms with Crippen molar-refractivity contribution in [3.05, 3.63) is 46.5 Å². The van der Waals surface area contributed by atoms with Crippen LogP contribution < -0.4 is 9.80 Å². The molecule has 4 aromatic rings. The number of aryl methyl sites for hydroxylation is 1. The Morgan fingerprint density at radius 1 is 0.857 bits per heavy atom. The molecule has 3 heterocycles. The van der Waals surface area contributed by atoms with E-state index in [9.17, 15) is 8.78 Å². The lowest BCUT2D eigenvalue weighted by Gasteiger charge is -2.34. The Morgan fingerprint density at radius 3 is 2.07 bits per heavy atom. The minimum Gasteiger partial charge on any atom is -0.345 e. The second-order valence-corrected chi connectivity index (χ2v) is 9.23. The SMILES string of the molecule is Cc1cc(Cl)cc2sc(N3CCN(c4nc5c(F)cc(F)cc5s4)CC3)nc12. The Labute approximate surface area is 173 Å². The van der Waals surface area contributed by atoms with Crippen LogP contribution in [0.15, 0.2) is 24.3 Å². The average molecular weight is 437 g/mol. The van der Waals surface area contributed by atoms with Gasteiger partial charge in [-0.2, -0.15) is 0 Å². The Balaban J connectivity index is 1.36. The fourth-order valence-electron chi connectivity index (χ4n) is 3.45. The molecule has 0 unspecified atom stereocenters. The molecule has 0 amide bonds. The summed E-state index contributed by atoms with van der Waals surface area (Å²) in [6, 6.07) is 6.10. The molecule has 4 nitrogen and oxygen atoms in total. The molecule has 0 spiro atoms. The second kappa shape index (κ2) is 6.79. The Bertz CT molecular complexity index is 1100. The van der Waals surface area contributed by atoms with Gasteiger partial charge in [0.2, 0.25) is 0 Å². The van der Waals surface area contributed by atoms with Crippen LogP contribution in [0.4, 0.5) is 19.0 Å². The molecule has 0 atom stereocenters. The van der Waals surface area contributed by atoms with Gasteiger partial charge in [0.15, 0.2) is 16.1 Å². The van der Waals surface area contributed by atoms with Crippen LogP contribution in [0.2, 0.25) is 5.02 Å². The van der Waals surface area contributed by atoms with Crippen molar-refractivity contribution in [1.29, 1.82) is 0 Å². The number of hydrogen-bond donors (Lipinski definition) is 0. The number of nitrogens with zero attached hydrogens (tertiary/aromatic N) is 4. The number of thiazole rings is 2. The van der Waals surface area contributed by atoms with Crippen LogP contribution in [0.5, 0.6) is 0 Å². The normalized spacial score (nSPS) is 15.1. The van der Waals surface area contributed by atoms with Crippen molar-refractivity contribution in [1.82, 2.24) is 9.97 Å². The summed E-state index contributed by atoms with van der Waals surface area (Å²) in [6.07, 6.45) is 0. The largest absolute Gasteiger partial charge is 0.345 e. The first-order valence-electron chi connectivity index (χ1n) is 8.80. The topological polar surface area (TPSA) is 32.3 Å². The summed E-state index contributed by atoms with van der Waals surface area (Å²) in [4.78, 5) is 13.6. The zero-order chi connectivity index (χ0) is 19.4. The maximum absolute atomic E-state index is 13.9. The van der Waals surface area contributed by atoms with E-state index in [-0.39, 0.29) is 5.52 Å². The number of aromatic nitrogens is 2. The molecular weight excluding hydrogens is 422 g/mol. The van der Waals surface area contributed by atoms with E-state index >= 15 is 0 Å². The van der Waals surface area contributed by atoms with Crippen LogP contribution >= 0.6 is 34.3 Å². The molecule has 5 rings (SSSR count). The van der Waals surface area contributed by atoms with Gasteiger partial charge in [-0.05, 0) is 30.7 Å². The first-order chi connectivity index (χ1) is 13.5. The van der Waals surface area contributed by atoms with Gasteiger partial charge in [0, 0.05) is 37.3 Å². The van der Waals surface area contributed by atoms with Crippen LogP contribution in [0.1, 0.15) is 5.56 Å². The standard InChI is InChI=1S/C19H15ClF2N4S2/c1-10-6-11(20)7-14-16(10)23-18(27-14)25-2-4-26(5-3-25)19-24-17-13(22)8-12(21)9-15(17)28-19/h6-9H,2-5H2,1H3.